The SMILES string of the molecule is CC(=O)SCCC(=O)N1CC(C)(C)C[C@H]1C(O)=S. The van der Waals surface area contributed by atoms with Crippen molar-refractivity contribution in [1.82, 2.24) is 4.90 Å². The standard InChI is InChI=1S/C12H19NO3S2/c1-8(14)18-5-4-10(15)13-7-12(2,3)6-9(13)11(16)17/h9H,4-7H2,1-3H3,(H,16,17)/t9-/m0/s1. The van der Waals surface area contributed by atoms with Crippen LogP contribution in [0.4, 0.5) is 0 Å². The minimum absolute atomic E-state index is 0.0128. The van der Waals surface area contributed by atoms with Gasteiger partial charge in [0.1, 0.15) is 6.04 Å². The molecule has 1 atom stereocenters. The molecule has 4 nitrogen and oxygen atoms in total. The van der Waals surface area contributed by atoms with Gasteiger partial charge in [-0.1, -0.05) is 25.6 Å². The zero-order valence-electron chi connectivity index (χ0n) is 10.9. The summed E-state index contributed by atoms with van der Waals surface area (Å²) in [7, 11) is 0. The maximum atomic E-state index is 12.1. The molecular weight excluding hydrogens is 270 g/mol. The number of thioether (sulfide) groups is 1. The first-order valence-corrected chi connectivity index (χ1v) is 7.28. The van der Waals surface area contributed by atoms with Gasteiger partial charge in [0.05, 0.1) is 0 Å². The Morgan fingerprint density at radius 1 is 1.50 bits per heavy atom. The average molecular weight is 289 g/mol. The third-order valence-electron chi connectivity index (χ3n) is 2.95. The first kappa shape index (κ1) is 15.4. The molecule has 102 valence electrons. The van der Waals surface area contributed by atoms with Crippen molar-refractivity contribution in [3.8, 4) is 0 Å². The summed E-state index contributed by atoms with van der Waals surface area (Å²) in [5, 5.41) is 9.39. The lowest BCUT2D eigenvalue weighted by Crippen LogP contribution is -2.40. The molecule has 1 amide bonds. The molecule has 6 heteroatoms. The van der Waals surface area contributed by atoms with Crippen LogP contribution in [0.15, 0.2) is 0 Å². The number of thiocarbonyl (C=S) groups is 1. The van der Waals surface area contributed by atoms with Gasteiger partial charge in [-0.05, 0) is 24.1 Å². The Bertz CT molecular complexity index is 368. The van der Waals surface area contributed by atoms with E-state index in [2.05, 4.69) is 13.8 Å². The Kier molecular flexibility index (Phi) is 5.16. The van der Waals surface area contributed by atoms with Gasteiger partial charge in [0.15, 0.2) is 10.2 Å². The molecule has 0 aromatic rings. The summed E-state index contributed by atoms with van der Waals surface area (Å²) < 4.78 is 0. The van der Waals surface area contributed by atoms with Crippen LogP contribution >= 0.6 is 24.0 Å². The van der Waals surface area contributed by atoms with Gasteiger partial charge in [-0.2, -0.15) is 0 Å². The number of carbonyl (C=O) groups is 2. The lowest BCUT2D eigenvalue weighted by Gasteiger charge is -2.23. The minimum Gasteiger partial charge on any atom is -0.500 e. The molecule has 0 saturated carbocycles. The van der Waals surface area contributed by atoms with E-state index in [9.17, 15) is 14.7 Å². The van der Waals surface area contributed by atoms with Gasteiger partial charge in [-0.3, -0.25) is 9.59 Å². The number of rotatable bonds is 4. The maximum Gasteiger partial charge on any atom is 0.224 e. The highest BCUT2D eigenvalue weighted by Gasteiger charge is 2.41. The Balaban J connectivity index is 2.60. The van der Waals surface area contributed by atoms with Crippen molar-refractivity contribution in [2.24, 2.45) is 5.41 Å². The predicted molar refractivity (Wildman–Crippen MR) is 76.9 cm³/mol. The normalized spacial score (nSPS) is 21.9. The molecule has 0 aromatic heterocycles. The highest BCUT2D eigenvalue weighted by atomic mass is 32.2. The van der Waals surface area contributed by atoms with Crippen LogP contribution in [-0.2, 0) is 9.59 Å². The molecule has 1 N–H and O–H groups in total. The van der Waals surface area contributed by atoms with Crippen LogP contribution in [0.5, 0.6) is 0 Å². The van der Waals surface area contributed by atoms with Crippen molar-refractivity contribution < 1.29 is 14.7 Å². The van der Waals surface area contributed by atoms with Crippen molar-refractivity contribution in [3.05, 3.63) is 0 Å². The van der Waals surface area contributed by atoms with Crippen LogP contribution < -0.4 is 0 Å². The summed E-state index contributed by atoms with van der Waals surface area (Å²) in [4.78, 5) is 24.5. The summed E-state index contributed by atoms with van der Waals surface area (Å²) in [5.74, 6) is 0.437. The van der Waals surface area contributed by atoms with Crippen LogP contribution in [0.3, 0.4) is 0 Å². The fourth-order valence-corrected chi connectivity index (χ4v) is 2.95. The van der Waals surface area contributed by atoms with Crippen molar-refractivity contribution in [2.45, 2.75) is 39.7 Å². The summed E-state index contributed by atoms with van der Waals surface area (Å²) in [6.45, 7) is 6.19. The fourth-order valence-electron chi connectivity index (χ4n) is 2.18. The number of carbonyl (C=O) groups excluding carboxylic acids is 2. The maximum absolute atomic E-state index is 12.1. The molecule has 0 aliphatic carbocycles. The van der Waals surface area contributed by atoms with Crippen LogP contribution in [-0.4, -0.2) is 44.4 Å². The van der Waals surface area contributed by atoms with Crippen LogP contribution in [0.1, 0.15) is 33.6 Å². The molecule has 1 fully saturated rings. The number of amides is 1. The van der Waals surface area contributed by atoms with Crippen molar-refractivity contribution >= 4 is 40.1 Å². The third kappa shape index (κ3) is 4.24. The van der Waals surface area contributed by atoms with E-state index < -0.39 is 0 Å². The molecule has 0 unspecified atom stereocenters. The van der Waals surface area contributed by atoms with Gasteiger partial charge in [0.2, 0.25) is 5.91 Å². The molecule has 0 radical (unpaired) electrons. The Morgan fingerprint density at radius 3 is 2.61 bits per heavy atom. The second-order valence-corrected chi connectivity index (χ2v) is 7.02. The van der Waals surface area contributed by atoms with Gasteiger partial charge in [0.25, 0.3) is 0 Å². The van der Waals surface area contributed by atoms with Crippen LogP contribution in [0, 0.1) is 5.41 Å². The number of nitrogens with zero attached hydrogens (tertiary/aromatic N) is 1. The largest absolute Gasteiger partial charge is 0.500 e. The zero-order valence-corrected chi connectivity index (χ0v) is 12.6. The first-order chi connectivity index (χ1) is 8.23. The molecule has 1 aliphatic heterocycles. The molecule has 18 heavy (non-hydrogen) atoms. The third-order valence-corrected chi connectivity index (χ3v) is 4.03. The fraction of sp³-hybridized carbons (Fsp3) is 0.750. The van der Waals surface area contributed by atoms with Crippen molar-refractivity contribution in [2.75, 3.05) is 12.3 Å². The molecule has 1 heterocycles. The number of hydrogen-bond donors (Lipinski definition) is 1. The predicted octanol–water partition coefficient (Wildman–Crippen LogP) is 2.17. The quantitative estimate of drug-likeness (QED) is 0.804. The van der Waals surface area contributed by atoms with E-state index in [4.69, 9.17) is 12.2 Å². The van der Waals surface area contributed by atoms with E-state index in [0.29, 0.717) is 25.1 Å². The number of aliphatic hydroxyl groups excluding tert-OH is 1. The first-order valence-electron chi connectivity index (χ1n) is 5.88. The monoisotopic (exact) mass is 289 g/mol. The topological polar surface area (TPSA) is 57.6 Å². The number of likely N-dealkylation sites (tertiary alicyclic amines) is 1. The van der Waals surface area contributed by atoms with Gasteiger partial charge < -0.3 is 10.0 Å². The molecular formula is C12H19NO3S2. The molecule has 0 bridgehead atoms. The Labute approximate surface area is 117 Å². The lowest BCUT2D eigenvalue weighted by atomic mass is 9.91. The molecule has 0 spiro atoms. The average Bonchev–Trinajstić information content (AvgIpc) is 2.54. The van der Waals surface area contributed by atoms with Gasteiger partial charge in [0, 0.05) is 25.6 Å². The zero-order chi connectivity index (χ0) is 13.9. The molecule has 1 saturated heterocycles. The summed E-state index contributed by atoms with van der Waals surface area (Å²) in [5.41, 5.74) is -0.0269. The summed E-state index contributed by atoms with van der Waals surface area (Å²) in [6, 6.07) is -0.357. The number of hydrogen-bond acceptors (Lipinski definition) is 4. The Morgan fingerprint density at radius 2 is 2.11 bits per heavy atom. The summed E-state index contributed by atoms with van der Waals surface area (Å²) >= 11 is 5.96. The van der Waals surface area contributed by atoms with Crippen LogP contribution in [0.2, 0.25) is 0 Å². The highest BCUT2D eigenvalue weighted by Crippen LogP contribution is 2.34. The highest BCUT2D eigenvalue weighted by molar-refractivity contribution is 8.13. The lowest BCUT2D eigenvalue weighted by molar-refractivity contribution is -0.131. The van der Waals surface area contributed by atoms with E-state index in [1.54, 1.807) is 4.90 Å². The summed E-state index contributed by atoms with van der Waals surface area (Å²) in [6.07, 6.45) is 0.993. The molecule has 1 aliphatic rings. The minimum atomic E-state index is -0.357. The van der Waals surface area contributed by atoms with E-state index in [1.807, 2.05) is 0 Å². The number of aliphatic hydroxyl groups is 1. The van der Waals surface area contributed by atoms with Crippen molar-refractivity contribution in [3.63, 3.8) is 0 Å². The van der Waals surface area contributed by atoms with Gasteiger partial charge in [-0.15, -0.1) is 0 Å². The van der Waals surface area contributed by atoms with Crippen molar-refractivity contribution in [1.29, 1.82) is 0 Å². The van der Waals surface area contributed by atoms with Crippen LogP contribution in [0.25, 0.3) is 0 Å². The molecule has 0 aromatic carbocycles. The Hall–Kier alpha value is -0.620. The smallest absolute Gasteiger partial charge is 0.224 e. The second kappa shape index (κ2) is 6.02. The van der Waals surface area contributed by atoms with Gasteiger partial charge >= 0.3 is 0 Å². The van der Waals surface area contributed by atoms with E-state index in [1.165, 1.54) is 6.92 Å². The van der Waals surface area contributed by atoms with E-state index in [0.717, 1.165) is 11.8 Å². The van der Waals surface area contributed by atoms with E-state index in [-0.39, 0.29) is 27.5 Å². The second-order valence-electron chi connectivity index (χ2n) is 5.33. The molecule has 1 rings (SSSR count). The van der Waals surface area contributed by atoms with E-state index >= 15 is 0 Å². The van der Waals surface area contributed by atoms with Gasteiger partial charge in [-0.25, -0.2) is 0 Å².